The minimum Gasteiger partial charge on any atom is -0.372 e. The van der Waals surface area contributed by atoms with Crippen molar-refractivity contribution in [3.63, 3.8) is 0 Å². The third-order valence-electron chi connectivity index (χ3n) is 5.48. The number of hydrogen-bond donors (Lipinski definition) is 0. The van der Waals surface area contributed by atoms with E-state index in [-0.39, 0.29) is 23.7 Å². The van der Waals surface area contributed by atoms with E-state index in [4.69, 9.17) is 21.9 Å². The third-order valence-corrected chi connectivity index (χ3v) is 6.86. The molecule has 7 nitrogen and oxygen atoms in total. The summed E-state index contributed by atoms with van der Waals surface area (Å²) in [6.45, 7) is 11.8. The Labute approximate surface area is 197 Å². The quantitative estimate of drug-likeness (QED) is 0.499. The summed E-state index contributed by atoms with van der Waals surface area (Å²) < 4.78 is 7.96. The van der Waals surface area contributed by atoms with E-state index in [0.29, 0.717) is 51.8 Å². The lowest BCUT2D eigenvalue weighted by atomic mass is 10.1. The summed E-state index contributed by atoms with van der Waals surface area (Å²) in [6.07, 6.45) is 3.40. The molecule has 32 heavy (non-hydrogen) atoms. The van der Waals surface area contributed by atoms with Crippen molar-refractivity contribution in [2.45, 2.75) is 46.8 Å². The normalized spacial score (nSPS) is 23.2. The van der Waals surface area contributed by atoms with E-state index in [2.05, 4.69) is 4.90 Å². The molecule has 0 N–H and O–H groups in total. The third kappa shape index (κ3) is 4.33. The van der Waals surface area contributed by atoms with Crippen molar-refractivity contribution in [3.8, 4) is 0 Å². The summed E-state index contributed by atoms with van der Waals surface area (Å²) in [5.74, 6) is 0.720. The van der Waals surface area contributed by atoms with Gasteiger partial charge >= 0.3 is 0 Å². The largest absolute Gasteiger partial charge is 0.372 e. The number of amides is 1. The van der Waals surface area contributed by atoms with Gasteiger partial charge < -0.3 is 9.64 Å². The molecule has 0 aromatic carbocycles. The van der Waals surface area contributed by atoms with Crippen LogP contribution < -0.4 is 10.5 Å². The number of morpholine rings is 1. The first-order valence-corrected chi connectivity index (χ1v) is 12.1. The molecule has 4 rings (SSSR count). The van der Waals surface area contributed by atoms with Crippen LogP contribution >= 0.6 is 24.0 Å². The molecule has 0 bridgehead atoms. The molecule has 4 heterocycles. The Morgan fingerprint density at radius 3 is 2.62 bits per heavy atom. The Morgan fingerprint density at radius 1 is 1.28 bits per heavy atom. The number of carbonyl (C=O) groups excluding carboxylic acids is 1. The van der Waals surface area contributed by atoms with Crippen LogP contribution in [0, 0.1) is 12.8 Å². The van der Waals surface area contributed by atoms with Crippen molar-refractivity contribution in [1.82, 2.24) is 14.3 Å². The van der Waals surface area contributed by atoms with Crippen molar-refractivity contribution >= 4 is 51.7 Å². The highest BCUT2D eigenvalue weighted by Gasteiger charge is 2.34. The predicted molar refractivity (Wildman–Crippen MR) is 133 cm³/mol. The van der Waals surface area contributed by atoms with Crippen molar-refractivity contribution < 1.29 is 9.53 Å². The number of ether oxygens (including phenoxy) is 1. The summed E-state index contributed by atoms with van der Waals surface area (Å²) in [5.41, 5.74) is 1.73. The molecule has 0 spiro atoms. The predicted octanol–water partition coefficient (Wildman–Crippen LogP) is 3.47. The Balaban J connectivity index is 1.87. The van der Waals surface area contributed by atoms with Crippen LogP contribution in [-0.2, 0) is 9.53 Å². The fraction of sp³-hybridized carbons (Fsp3) is 0.478. The number of pyridine rings is 1. The Morgan fingerprint density at radius 2 is 1.97 bits per heavy atom. The number of thioether (sulfide) groups is 1. The molecule has 2 unspecified atom stereocenters. The van der Waals surface area contributed by atoms with Crippen LogP contribution in [0.3, 0.4) is 0 Å². The van der Waals surface area contributed by atoms with Gasteiger partial charge in [0.25, 0.3) is 11.5 Å². The maximum atomic E-state index is 13.6. The number of anilines is 1. The number of thiocarbonyl (C=S) groups is 1. The van der Waals surface area contributed by atoms with E-state index in [1.807, 2.05) is 46.8 Å². The summed E-state index contributed by atoms with van der Waals surface area (Å²) >= 11 is 6.69. The average Bonchev–Trinajstić information content (AvgIpc) is 2.96. The minimum absolute atomic E-state index is 0.00738. The SMILES string of the molecule is Cc1cccn2c(=O)c(/C=C3/SC(=S)N(CC(C)C)C3=O)c(N3CC(C)OC(C)C3)nc12. The van der Waals surface area contributed by atoms with E-state index in [1.165, 1.54) is 11.8 Å². The zero-order valence-electron chi connectivity index (χ0n) is 19.0. The zero-order chi connectivity index (χ0) is 23.2. The van der Waals surface area contributed by atoms with E-state index >= 15 is 0 Å². The molecule has 2 aliphatic heterocycles. The molecule has 0 saturated carbocycles. The number of carbonyl (C=O) groups is 1. The van der Waals surface area contributed by atoms with Gasteiger partial charge in [-0.2, -0.15) is 0 Å². The number of aryl methyl sites for hydroxylation is 1. The molecule has 170 valence electrons. The smallest absolute Gasteiger partial charge is 0.267 e. The topological polar surface area (TPSA) is 67.2 Å². The van der Waals surface area contributed by atoms with Gasteiger partial charge in [0.1, 0.15) is 15.8 Å². The van der Waals surface area contributed by atoms with E-state index in [0.717, 1.165) is 5.56 Å². The Kier molecular flexibility index (Phi) is 6.42. The summed E-state index contributed by atoms with van der Waals surface area (Å²) in [4.78, 5) is 35.7. The van der Waals surface area contributed by atoms with Crippen LogP contribution in [0.25, 0.3) is 11.7 Å². The van der Waals surface area contributed by atoms with Crippen LogP contribution in [0.1, 0.15) is 38.8 Å². The lowest BCUT2D eigenvalue weighted by Crippen LogP contribution is -2.46. The number of hydrogen-bond acceptors (Lipinski definition) is 7. The molecule has 0 radical (unpaired) electrons. The van der Waals surface area contributed by atoms with Gasteiger partial charge in [0.15, 0.2) is 0 Å². The second-order valence-electron chi connectivity index (χ2n) is 8.89. The molecular formula is C23H28N4O3S2. The van der Waals surface area contributed by atoms with E-state index < -0.39 is 0 Å². The van der Waals surface area contributed by atoms with E-state index in [9.17, 15) is 9.59 Å². The Bertz CT molecular complexity index is 1160. The van der Waals surface area contributed by atoms with Gasteiger partial charge in [-0.05, 0) is 44.4 Å². The molecule has 0 aliphatic carbocycles. The van der Waals surface area contributed by atoms with Gasteiger partial charge in [-0.3, -0.25) is 18.9 Å². The van der Waals surface area contributed by atoms with Gasteiger partial charge in [-0.25, -0.2) is 4.98 Å². The highest BCUT2D eigenvalue weighted by molar-refractivity contribution is 8.26. The fourth-order valence-electron chi connectivity index (χ4n) is 4.17. The number of rotatable bonds is 4. The fourth-order valence-corrected chi connectivity index (χ4v) is 5.43. The van der Waals surface area contributed by atoms with Gasteiger partial charge in [0.05, 0.1) is 22.7 Å². The lowest BCUT2D eigenvalue weighted by Gasteiger charge is -2.36. The molecule has 2 aliphatic rings. The van der Waals surface area contributed by atoms with Crippen LogP contribution in [0.15, 0.2) is 28.0 Å². The zero-order valence-corrected chi connectivity index (χ0v) is 20.6. The van der Waals surface area contributed by atoms with Gasteiger partial charge in [0, 0.05) is 25.8 Å². The van der Waals surface area contributed by atoms with Crippen LogP contribution in [0.4, 0.5) is 5.82 Å². The highest BCUT2D eigenvalue weighted by Crippen LogP contribution is 2.34. The first-order chi connectivity index (χ1) is 15.2. The lowest BCUT2D eigenvalue weighted by molar-refractivity contribution is -0.122. The summed E-state index contributed by atoms with van der Waals surface area (Å²) in [5, 5.41) is 0. The van der Waals surface area contributed by atoms with Gasteiger partial charge in [-0.1, -0.05) is 43.9 Å². The first kappa shape index (κ1) is 22.9. The maximum absolute atomic E-state index is 13.6. The first-order valence-electron chi connectivity index (χ1n) is 10.8. The minimum atomic E-state index is -0.199. The van der Waals surface area contributed by atoms with Crippen molar-refractivity contribution in [2.75, 3.05) is 24.5 Å². The Hall–Kier alpha value is -2.23. The second kappa shape index (κ2) is 8.96. The standard InChI is InChI=1S/C23H28N4O3S2/c1-13(2)10-27-22(29)18(32-23(27)31)9-17-20(25-11-15(4)30-16(5)12-25)24-19-14(3)7-6-8-26(19)21(17)28/h6-9,13,15-16H,10-12H2,1-5H3/b18-9+. The van der Waals surface area contributed by atoms with Crippen molar-refractivity contribution in [3.05, 3.63) is 44.7 Å². The molecule has 2 saturated heterocycles. The number of nitrogens with zero attached hydrogens (tertiary/aromatic N) is 4. The molecule has 2 atom stereocenters. The summed E-state index contributed by atoms with van der Waals surface area (Å²) in [7, 11) is 0. The average molecular weight is 473 g/mol. The van der Waals surface area contributed by atoms with Gasteiger partial charge in [-0.15, -0.1) is 0 Å². The number of aromatic nitrogens is 2. The molecule has 9 heteroatoms. The molecule has 2 aromatic rings. The van der Waals surface area contributed by atoms with Crippen LogP contribution in [-0.4, -0.2) is 56.4 Å². The maximum Gasteiger partial charge on any atom is 0.267 e. The van der Waals surface area contributed by atoms with Crippen LogP contribution in [0.5, 0.6) is 0 Å². The van der Waals surface area contributed by atoms with Crippen LogP contribution in [0.2, 0.25) is 0 Å². The molecule has 1 amide bonds. The monoisotopic (exact) mass is 472 g/mol. The molecular weight excluding hydrogens is 444 g/mol. The second-order valence-corrected chi connectivity index (χ2v) is 10.6. The molecule has 2 aromatic heterocycles. The highest BCUT2D eigenvalue weighted by atomic mass is 32.2. The number of fused-ring (bicyclic) bond motifs is 1. The summed E-state index contributed by atoms with van der Waals surface area (Å²) in [6, 6.07) is 3.77. The van der Waals surface area contributed by atoms with Gasteiger partial charge in [0.2, 0.25) is 0 Å². The van der Waals surface area contributed by atoms with E-state index in [1.54, 1.807) is 21.6 Å². The van der Waals surface area contributed by atoms with Crippen molar-refractivity contribution in [2.24, 2.45) is 5.92 Å². The van der Waals surface area contributed by atoms with Crippen molar-refractivity contribution in [1.29, 1.82) is 0 Å². The molecule has 2 fully saturated rings.